The van der Waals surface area contributed by atoms with Crippen LogP contribution in [0.5, 0.6) is 5.75 Å². The third-order valence-electron chi connectivity index (χ3n) is 5.23. The summed E-state index contributed by atoms with van der Waals surface area (Å²) in [5.41, 5.74) is 1.96. The first-order chi connectivity index (χ1) is 11.8. The van der Waals surface area contributed by atoms with E-state index in [4.69, 9.17) is 4.74 Å². The zero-order valence-electron chi connectivity index (χ0n) is 16.4. The average molecular weight is 341 g/mol. The van der Waals surface area contributed by atoms with Gasteiger partial charge in [0.15, 0.2) is 0 Å². The molecule has 0 amide bonds. The van der Waals surface area contributed by atoms with Crippen molar-refractivity contribution in [1.82, 2.24) is 10.3 Å². The van der Waals surface area contributed by atoms with Crippen molar-refractivity contribution < 1.29 is 4.74 Å². The number of hydrogen-bond acceptors (Lipinski definition) is 3. The van der Waals surface area contributed by atoms with Gasteiger partial charge < -0.3 is 10.1 Å². The summed E-state index contributed by atoms with van der Waals surface area (Å²) >= 11 is 0. The van der Waals surface area contributed by atoms with Crippen LogP contribution in [0, 0.1) is 0 Å². The summed E-state index contributed by atoms with van der Waals surface area (Å²) in [4.78, 5) is 4.48. The molecule has 3 nitrogen and oxygen atoms in total. The van der Waals surface area contributed by atoms with E-state index in [0.717, 1.165) is 5.75 Å². The van der Waals surface area contributed by atoms with E-state index < -0.39 is 0 Å². The normalized spacial score (nSPS) is 21.3. The van der Waals surface area contributed by atoms with Crippen LogP contribution in [-0.4, -0.2) is 23.2 Å². The molecule has 1 aromatic heterocycles. The number of nitrogens with one attached hydrogen (secondary N) is 1. The van der Waals surface area contributed by atoms with E-state index in [9.17, 15) is 0 Å². The predicted octanol–water partition coefficient (Wildman–Crippen LogP) is 5.44. The van der Waals surface area contributed by atoms with Crippen LogP contribution in [0.3, 0.4) is 0 Å². The Bertz CT molecular complexity index is 718. The fourth-order valence-electron chi connectivity index (χ4n) is 3.88. The smallest absolute Gasteiger partial charge is 0.119 e. The van der Waals surface area contributed by atoms with Gasteiger partial charge in [-0.2, -0.15) is 0 Å². The zero-order valence-corrected chi connectivity index (χ0v) is 16.4. The van der Waals surface area contributed by atoms with E-state index in [2.05, 4.69) is 56.2 Å². The highest BCUT2D eigenvalue weighted by atomic mass is 16.5. The second-order valence-corrected chi connectivity index (χ2v) is 8.84. The van der Waals surface area contributed by atoms with E-state index in [1.807, 2.05) is 12.3 Å². The maximum atomic E-state index is 5.22. The number of methoxy groups -OCH3 is 1. The van der Waals surface area contributed by atoms with Gasteiger partial charge in [0.05, 0.1) is 7.11 Å². The van der Waals surface area contributed by atoms with Crippen LogP contribution in [0.25, 0.3) is 10.8 Å². The Labute approximate surface area is 152 Å². The Balaban J connectivity index is 0.000000160. The second kappa shape index (κ2) is 6.95. The van der Waals surface area contributed by atoms with Crippen molar-refractivity contribution in [3.63, 3.8) is 0 Å². The van der Waals surface area contributed by atoms with Gasteiger partial charge in [0.1, 0.15) is 5.75 Å². The Morgan fingerprint density at radius 1 is 1.00 bits per heavy atom. The molecule has 0 atom stereocenters. The number of aromatic nitrogens is 1. The van der Waals surface area contributed by atoms with Gasteiger partial charge in [0.25, 0.3) is 0 Å². The molecule has 2 heterocycles. The van der Waals surface area contributed by atoms with E-state index in [1.165, 1.54) is 48.6 Å². The van der Waals surface area contributed by atoms with Crippen molar-refractivity contribution in [2.24, 2.45) is 0 Å². The van der Waals surface area contributed by atoms with Crippen molar-refractivity contribution >= 4 is 10.8 Å². The minimum Gasteiger partial charge on any atom is -0.497 e. The molecule has 2 fully saturated rings. The van der Waals surface area contributed by atoms with Crippen molar-refractivity contribution in [3.8, 4) is 5.75 Å². The number of nitrogens with zero attached hydrogens (tertiary/aromatic N) is 1. The van der Waals surface area contributed by atoms with Crippen molar-refractivity contribution in [2.75, 3.05) is 7.11 Å². The summed E-state index contributed by atoms with van der Waals surface area (Å²) in [6.07, 6.45) is 8.55. The van der Waals surface area contributed by atoms with Crippen molar-refractivity contribution in [2.45, 2.75) is 76.8 Å². The largest absolute Gasteiger partial charge is 0.497 e. The molecular weight excluding hydrogens is 308 g/mol. The van der Waals surface area contributed by atoms with Crippen LogP contribution in [-0.2, 0) is 0 Å². The summed E-state index contributed by atoms with van der Waals surface area (Å²) in [5.74, 6) is 1.62. The van der Waals surface area contributed by atoms with Gasteiger partial charge in [0, 0.05) is 34.3 Å². The van der Waals surface area contributed by atoms with Gasteiger partial charge in [-0.05, 0) is 89.5 Å². The van der Waals surface area contributed by atoms with Gasteiger partial charge in [-0.3, -0.25) is 4.98 Å². The van der Waals surface area contributed by atoms with Crippen LogP contribution in [0.1, 0.15) is 71.4 Å². The minimum absolute atomic E-state index is 0.363. The maximum Gasteiger partial charge on any atom is 0.119 e. The van der Waals surface area contributed by atoms with Crippen LogP contribution < -0.4 is 10.1 Å². The Kier molecular flexibility index (Phi) is 5.06. The molecule has 1 saturated heterocycles. The maximum absolute atomic E-state index is 5.22. The second-order valence-electron chi connectivity index (χ2n) is 8.84. The number of piperidine rings is 1. The lowest BCUT2D eigenvalue weighted by molar-refractivity contribution is 0.183. The molecule has 0 radical (unpaired) electrons. The first kappa shape index (κ1) is 18.2. The summed E-state index contributed by atoms with van der Waals surface area (Å²) in [5, 5.41) is 6.04. The Morgan fingerprint density at radius 3 is 2.20 bits per heavy atom. The van der Waals surface area contributed by atoms with Crippen LogP contribution in [0.15, 0.2) is 30.5 Å². The molecule has 0 spiro atoms. The highest BCUT2D eigenvalue weighted by Crippen LogP contribution is 2.39. The highest BCUT2D eigenvalue weighted by molar-refractivity contribution is 5.83. The third kappa shape index (κ3) is 4.94. The molecule has 4 rings (SSSR count). The quantitative estimate of drug-likeness (QED) is 0.790. The number of fused-ring (bicyclic) bond motifs is 1. The number of benzene rings is 1. The number of pyridine rings is 1. The zero-order chi connectivity index (χ0) is 18.1. The van der Waals surface area contributed by atoms with Gasteiger partial charge in [-0.25, -0.2) is 0 Å². The summed E-state index contributed by atoms with van der Waals surface area (Å²) in [7, 11) is 1.70. The van der Waals surface area contributed by atoms with Gasteiger partial charge in [-0.15, -0.1) is 0 Å². The van der Waals surface area contributed by atoms with Crippen LogP contribution in [0.2, 0.25) is 0 Å². The number of rotatable bonds is 2. The predicted molar refractivity (Wildman–Crippen MR) is 105 cm³/mol. The summed E-state index contributed by atoms with van der Waals surface area (Å²) in [6.45, 7) is 9.14. The lowest BCUT2D eigenvalue weighted by Crippen LogP contribution is -2.55. The van der Waals surface area contributed by atoms with Crippen LogP contribution in [0.4, 0.5) is 0 Å². The molecule has 1 aromatic carbocycles. The fourth-order valence-corrected chi connectivity index (χ4v) is 3.88. The topological polar surface area (TPSA) is 34.1 Å². The molecule has 3 heteroatoms. The molecule has 1 saturated carbocycles. The minimum atomic E-state index is 0.363. The van der Waals surface area contributed by atoms with E-state index in [1.54, 1.807) is 7.11 Å². The van der Waals surface area contributed by atoms with Crippen molar-refractivity contribution in [1.29, 1.82) is 0 Å². The van der Waals surface area contributed by atoms with Crippen molar-refractivity contribution in [3.05, 3.63) is 36.2 Å². The first-order valence-electron chi connectivity index (χ1n) is 9.51. The molecule has 1 aliphatic heterocycles. The Morgan fingerprint density at radius 2 is 1.68 bits per heavy atom. The fraction of sp³-hybridized carbons (Fsp3) is 0.591. The molecule has 0 bridgehead atoms. The van der Waals surface area contributed by atoms with Gasteiger partial charge in [-0.1, -0.05) is 0 Å². The summed E-state index contributed by atoms with van der Waals surface area (Å²) in [6, 6.07) is 8.29. The van der Waals surface area contributed by atoms with E-state index in [0.29, 0.717) is 17.0 Å². The third-order valence-corrected chi connectivity index (χ3v) is 5.23. The molecule has 2 aromatic rings. The molecular formula is C22H32N2O. The monoisotopic (exact) mass is 340 g/mol. The Hall–Kier alpha value is -1.61. The van der Waals surface area contributed by atoms with E-state index >= 15 is 0 Å². The molecule has 136 valence electrons. The highest BCUT2D eigenvalue weighted by Gasteiger charge is 2.31. The molecule has 25 heavy (non-hydrogen) atoms. The molecule has 2 aliphatic rings. The van der Waals surface area contributed by atoms with Gasteiger partial charge >= 0.3 is 0 Å². The van der Waals surface area contributed by atoms with Crippen LogP contribution >= 0.6 is 0 Å². The van der Waals surface area contributed by atoms with E-state index in [-0.39, 0.29) is 0 Å². The number of hydrogen-bond donors (Lipinski definition) is 1. The SMILES string of the molecule is CC1(C)CCCC(C)(C)N1.COc1ccc2cnc(C3CC3)cc2c1. The molecule has 1 aliphatic carbocycles. The lowest BCUT2D eigenvalue weighted by Gasteiger charge is -2.42. The van der Waals surface area contributed by atoms with Gasteiger partial charge in [0.2, 0.25) is 0 Å². The standard InChI is InChI=1S/C13H13NO.C9H19N/c1-15-12-5-4-10-8-14-13(9-2-3-9)7-11(10)6-12;1-8(2)6-5-7-9(3,4)10-8/h4-9H,2-3H2,1H3;10H,5-7H2,1-4H3. The molecule has 1 N–H and O–H groups in total. The number of ether oxygens (including phenoxy) is 1. The first-order valence-corrected chi connectivity index (χ1v) is 9.51. The average Bonchev–Trinajstić information content (AvgIpc) is 3.37. The molecule has 0 unspecified atom stereocenters. The lowest BCUT2D eigenvalue weighted by atomic mass is 9.83. The summed E-state index contributed by atoms with van der Waals surface area (Å²) < 4.78 is 5.22.